The third-order valence-electron chi connectivity index (χ3n) is 10.4. The third kappa shape index (κ3) is 3.19. The summed E-state index contributed by atoms with van der Waals surface area (Å²) in [5.74, 6) is 1.40. The van der Waals surface area contributed by atoms with Crippen LogP contribution >= 0.6 is 0 Å². The van der Waals surface area contributed by atoms with E-state index in [1.54, 1.807) is 0 Å². The molecule has 0 atom stereocenters. The molecule has 0 saturated heterocycles. The van der Waals surface area contributed by atoms with Crippen molar-refractivity contribution in [1.82, 2.24) is 18.9 Å². The molecule has 0 aliphatic heterocycles. The van der Waals surface area contributed by atoms with Gasteiger partial charge in [-0.05, 0) is 53.2 Å². The molecule has 49 heavy (non-hydrogen) atoms. The van der Waals surface area contributed by atoms with Crippen molar-refractivity contribution in [2.75, 3.05) is 0 Å². The molecule has 0 N–H and O–H groups in total. The minimum Gasteiger partial charge on any atom is -0.450 e. The lowest BCUT2D eigenvalue weighted by Crippen LogP contribution is -2.01. The van der Waals surface area contributed by atoms with Crippen LogP contribution in [0.2, 0.25) is 0 Å². The zero-order chi connectivity index (χ0) is 31.8. The number of hydrogen-bond acceptors (Lipinski definition) is 3. The van der Waals surface area contributed by atoms with Gasteiger partial charge in [-0.3, -0.25) is 4.57 Å². The maximum Gasteiger partial charge on any atom is 0.197 e. The van der Waals surface area contributed by atoms with Crippen molar-refractivity contribution in [3.05, 3.63) is 146 Å². The molecule has 0 amide bonds. The van der Waals surface area contributed by atoms with E-state index >= 15 is 0 Å². The minimum atomic E-state index is 0.666. The molecule has 0 aliphatic rings. The SMILES string of the molecule is c1ccc(-c2nc(-n3c4ccccc4c4c5c6cc7ccccc7cc6n6c7ccccc7c(cc43)c56)c3oc4ccccc4c3n2)cc1. The van der Waals surface area contributed by atoms with Crippen LogP contribution in [0.4, 0.5) is 0 Å². The maximum atomic E-state index is 6.66. The molecule has 0 fully saturated rings. The molecule has 5 nitrogen and oxygen atoms in total. The van der Waals surface area contributed by atoms with Gasteiger partial charge in [0.05, 0.1) is 27.6 Å². The topological polar surface area (TPSA) is 48.3 Å². The van der Waals surface area contributed by atoms with Crippen LogP contribution in [0.1, 0.15) is 0 Å². The number of furan rings is 1. The van der Waals surface area contributed by atoms with Crippen molar-refractivity contribution in [1.29, 1.82) is 0 Å². The van der Waals surface area contributed by atoms with Crippen molar-refractivity contribution in [3.8, 4) is 17.2 Å². The molecule has 12 aromatic rings. The van der Waals surface area contributed by atoms with E-state index in [1.165, 1.54) is 59.6 Å². The number of aromatic nitrogens is 4. The summed E-state index contributed by atoms with van der Waals surface area (Å²) in [5.41, 5.74) is 9.09. The highest BCUT2D eigenvalue weighted by atomic mass is 16.3. The Labute approximate surface area is 278 Å². The Hall–Kier alpha value is -6.72. The van der Waals surface area contributed by atoms with Gasteiger partial charge in [-0.2, -0.15) is 0 Å². The molecular formula is C44H24N4O. The molecule has 226 valence electrons. The molecule has 0 spiro atoms. The van der Waals surface area contributed by atoms with Crippen LogP contribution in [0.3, 0.4) is 0 Å². The van der Waals surface area contributed by atoms with E-state index in [0.29, 0.717) is 11.4 Å². The summed E-state index contributed by atoms with van der Waals surface area (Å²) >= 11 is 0. The number of para-hydroxylation sites is 3. The quantitative estimate of drug-likeness (QED) is 0.192. The molecule has 5 heterocycles. The Kier molecular flexibility index (Phi) is 4.66. The molecule has 7 aromatic carbocycles. The molecule has 5 aromatic heterocycles. The van der Waals surface area contributed by atoms with Crippen molar-refractivity contribution >= 4 is 92.7 Å². The van der Waals surface area contributed by atoms with Crippen molar-refractivity contribution in [2.24, 2.45) is 0 Å². The van der Waals surface area contributed by atoms with Crippen LogP contribution in [-0.2, 0) is 0 Å². The highest BCUT2D eigenvalue weighted by Gasteiger charge is 2.27. The summed E-state index contributed by atoms with van der Waals surface area (Å²) in [6, 6.07) is 51.6. The Morgan fingerprint density at radius 3 is 2.02 bits per heavy atom. The number of nitrogens with zero attached hydrogens (tertiary/aromatic N) is 4. The number of fused-ring (bicyclic) bond motifs is 14. The molecule has 0 unspecified atom stereocenters. The molecular weight excluding hydrogens is 601 g/mol. The highest BCUT2D eigenvalue weighted by molar-refractivity contribution is 6.36. The Bertz CT molecular complexity index is 3330. The second-order valence-electron chi connectivity index (χ2n) is 13.0. The fraction of sp³-hybridized carbons (Fsp3) is 0. The van der Waals surface area contributed by atoms with Gasteiger partial charge < -0.3 is 8.82 Å². The van der Waals surface area contributed by atoms with E-state index < -0.39 is 0 Å². The lowest BCUT2D eigenvalue weighted by atomic mass is 10.0. The van der Waals surface area contributed by atoms with Crippen LogP contribution in [-0.4, -0.2) is 18.9 Å². The van der Waals surface area contributed by atoms with E-state index in [2.05, 4.69) is 118 Å². The first-order chi connectivity index (χ1) is 24.3. The predicted octanol–water partition coefficient (Wildman–Crippen LogP) is 11.4. The zero-order valence-electron chi connectivity index (χ0n) is 26.1. The molecule has 0 bridgehead atoms. The predicted molar refractivity (Wildman–Crippen MR) is 201 cm³/mol. The maximum absolute atomic E-state index is 6.66. The van der Waals surface area contributed by atoms with Gasteiger partial charge in [0.25, 0.3) is 0 Å². The average Bonchev–Trinajstić information content (AvgIpc) is 3.89. The zero-order valence-corrected chi connectivity index (χ0v) is 26.1. The monoisotopic (exact) mass is 624 g/mol. The van der Waals surface area contributed by atoms with Gasteiger partial charge in [0.2, 0.25) is 0 Å². The largest absolute Gasteiger partial charge is 0.450 e. The number of hydrogen-bond donors (Lipinski definition) is 0. The lowest BCUT2D eigenvalue weighted by Gasteiger charge is -2.10. The number of benzene rings is 7. The van der Waals surface area contributed by atoms with E-state index in [4.69, 9.17) is 14.4 Å². The van der Waals surface area contributed by atoms with Crippen LogP contribution in [0.15, 0.2) is 150 Å². The number of rotatable bonds is 2. The van der Waals surface area contributed by atoms with E-state index in [9.17, 15) is 0 Å². The first-order valence-corrected chi connectivity index (χ1v) is 16.6. The van der Waals surface area contributed by atoms with Crippen molar-refractivity contribution < 1.29 is 4.42 Å². The van der Waals surface area contributed by atoms with Crippen LogP contribution in [0.25, 0.3) is 110 Å². The highest BCUT2D eigenvalue weighted by Crippen LogP contribution is 2.48. The Balaban J connectivity index is 1.34. The van der Waals surface area contributed by atoms with E-state index in [0.717, 1.165) is 38.9 Å². The Morgan fingerprint density at radius 2 is 1.16 bits per heavy atom. The first kappa shape index (κ1) is 25.4. The first-order valence-electron chi connectivity index (χ1n) is 16.6. The van der Waals surface area contributed by atoms with E-state index in [1.807, 2.05) is 36.4 Å². The molecule has 12 rings (SSSR count). The normalized spacial score (nSPS) is 12.5. The average molecular weight is 625 g/mol. The van der Waals surface area contributed by atoms with Crippen LogP contribution in [0, 0.1) is 0 Å². The molecule has 5 heteroatoms. The fourth-order valence-corrected chi connectivity index (χ4v) is 8.37. The van der Waals surface area contributed by atoms with Crippen LogP contribution < -0.4 is 0 Å². The summed E-state index contributed by atoms with van der Waals surface area (Å²) in [6.45, 7) is 0. The van der Waals surface area contributed by atoms with E-state index in [-0.39, 0.29) is 0 Å². The van der Waals surface area contributed by atoms with Gasteiger partial charge in [-0.25, -0.2) is 9.97 Å². The van der Waals surface area contributed by atoms with Gasteiger partial charge in [0.15, 0.2) is 17.2 Å². The van der Waals surface area contributed by atoms with Gasteiger partial charge in [-0.15, -0.1) is 0 Å². The van der Waals surface area contributed by atoms with Crippen molar-refractivity contribution in [3.63, 3.8) is 0 Å². The van der Waals surface area contributed by atoms with Gasteiger partial charge in [-0.1, -0.05) is 103 Å². The second kappa shape index (κ2) is 9.00. The van der Waals surface area contributed by atoms with Crippen LogP contribution in [0.5, 0.6) is 0 Å². The standard InChI is InChI=1S/C44H24N4O/c1-2-12-25(13-3-1)43-45-40-30-18-8-11-21-37(30)49-42(40)44(46-43)48-34-20-10-7-17-29(34)38-36(48)24-31-28-16-6-9-19-33(28)47-35-23-27-15-5-4-14-26(27)22-32(35)39(38)41(31)47/h1-24H. The lowest BCUT2D eigenvalue weighted by molar-refractivity contribution is 0.662. The van der Waals surface area contributed by atoms with Gasteiger partial charge >= 0.3 is 0 Å². The third-order valence-corrected chi connectivity index (χ3v) is 10.4. The Morgan fingerprint density at radius 1 is 0.469 bits per heavy atom. The molecule has 0 radical (unpaired) electrons. The summed E-state index contributed by atoms with van der Waals surface area (Å²) in [4.78, 5) is 10.5. The fourth-order valence-electron chi connectivity index (χ4n) is 8.37. The molecule has 0 saturated carbocycles. The molecule has 0 aliphatic carbocycles. The summed E-state index contributed by atoms with van der Waals surface area (Å²) in [7, 11) is 0. The second-order valence-corrected chi connectivity index (χ2v) is 13.0. The smallest absolute Gasteiger partial charge is 0.197 e. The van der Waals surface area contributed by atoms with Gasteiger partial charge in [0.1, 0.15) is 11.1 Å². The summed E-state index contributed by atoms with van der Waals surface area (Å²) in [6.07, 6.45) is 0. The van der Waals surface area contributed by atoms with Gasteiger partial charge in [0, 0.05) is 43.3 Å². The summed E-state index contributed by atoms with van der Waals surface area (Å²) < 4.78 is 11.4. The van der Waals surface area contributed by atoms with Crippen molar-refractivity contribution in [2.45, 2.75) is 0 Å². The summed E-state index contributed by atoms with van der Waals surface area (Å²) in [5, 5.41) is 10.8. The minimum absolute atomic E-state index is 0.666.